The Balaban J connectivity index is 1.27. The van der Waals surface area contributed by atoms with Crippen molar-refractivity contribution in [3.8, 4) is 11.5 Å². The van der Waals surface area contributed by atoms with E-state index in [4.69, 9.17) is 9.47 Å². The summed E-state index contributed by atoms with van der Waals surface area (Å²) < 4.78 is 11.2. The lowest BCUT2D eigenvalue weighted by Gasteiger charge is -2.19. The van der Waals surface area contributed by atoms with Crippen molar-refractivity contribution in [2.45, 2.75) is 12.8 Å². The second kappa shape index (κ2) is 7.87. The number of aromatic nitrogens is 2. The molecule has 3 heterocycles. The van der Waals surface area contributed by atoms with Crippen LogP contribution in [0.15, 0.2) is 54.7 Å². The zero-order valence-corrected chi connectivity index (χ0v) is 16.1. The molecule has 148 valence electrons. The Hall–Kier alpha value is -3.48. The molecule has 7 heteroatoms. The SMILES string of the molecule is c1cc(Nc2ccc3c(c2)OCCO3)nc(Nc2ccc(N3CCCC3)cc2)n1. The van der Waals surface area contributed by atoms with E-state index in [0.29, 0.717) is 25.0 Å². The van der Waals surface area contributed by atoms with E-state index in [-0.39, 0.29) is 0 Å². The van der Waals surface area contributed by atoms with Crippen LogP contribution in [0.2, 0.25) is 0 Å². The van der Waals surface area contributed by atoms with Gasteiger partial charge in [-0.15, -0.1) is 0 Å². The standard InChI is InChI=1S/C22H23N5O2/c1-2-12-27(11-1)18-6-3-16(4-7-18)25-22-23-10-9-21(26-22)24-17-5-8-19-20(15-17)29-14-13-28-19/h3-10,15H,1-2,11-14H2,(H2,23,24,25,26). The molecule has 1 saturated heterocycles. The van der Waals surface area contributed by atoms with Gasteiger partial charge in [0.1, 0.15) is 19.0 Å². The normalized spacial score (nSPS) is 15.2. The van der Waals surface area contributed by atoms with Crippen molar-refractivity contribution in [1.29, 1.82) is 0 Å². The molecule has 0 aliphatic carbocycles. The van der Waals surface area contributed by atoms with Gasteiger partial charge in [-0.1, -0.05) is 0 Å². The first-order chi connectivity index (χ1) is 14.3. The van der Waals surface area contributed by atoms with Crippen molar-refractivity contribution in [3.63, 3.8) is 0 Å². The van der Waals surface area contributed by atoms with Gasteiger partial charge in [0.15, 0.2) is 11.5 Å². The number of anilines is 5. The number of rotatable bonds is 5. The number of nitrogens with one attached hydrogen (secondary N) is 2. The highest BCUT2D eigenvalue weighted by molar-refractivity contribution is 5.64. The molecule has 2 aliphatic heterocycles. The Morgan fingerprint density at radius 2 is 1.55 bits per heavy atom. The first-order valence-electron chi connectivity index (χ1n) is 9.95. The van der Waals surface area contributed by atoms with Gasteiger partial charge in [-0.05, 0) is 55.3 Å². The third-order valence-corrected chi connectivity index (χ3v) is 5.06. The number of hydrogen-bond acceptors (Lipinski definition) is 7. The van der Waals surface area contributed by atoms with Gasteiger partial charge in [0.05, 0.1) is 0 Å². The summed E-state index contributed by atoms with van der Waals surface area (Å²) >= 11 is 0. The lowest BCUT2D eigenvalue weighted by atomic mass is 10.2. The highest BCUT2D eigenvalue weighted by Gasteiger charge is 2.13. The van der Waals surface area contributed by atoms with E-state index in [9.17, 15) is 0 Å². The van der Waals surface area contributed by atoms with E-state index in [2.05, 4.69) is 49.8 Å². The van der Waals surface area contributed by atoms with Crippen molar-refractivity contribution >= 4 is 28.8 Å². The maximum atomic E-state index is 5.64. The minimum Gasteiger partial charge on any atom is -0.486 e. The Morgan fingerprint density at radius 3 is 2.38 bits per heavy atom. The molecule has 0 unspecified atom stereocenters. The molecule has 0 radical (unpaired) electrons. The van der Waals surface area contributed by atoms with E-state index in [0.717, 1.165) is 36.0 Å². The molecule has 0 saturated carbocycles. The van der Waals surface area contributed by atoms with Crippen molar-refractivity contribution in [2.75, 3.05) is 41.8 Å². The van der Waals surface area contributed by atoms with E-state index >= 15 is 0 Å². The topological polar surface area (TPSA) is 71.5 Å². The highest BCUT2D eigenvalue weighted by Crippen LogP contribution is 2.33. The average Bonchev–Trinajstić information content (AvgIpc) is 3.29. The van der Waals surface area contributed by atoms with Gasteiger partial charge in [-0.2, -0.15) is 4.98 Å². The second-order valence-corrected chi connectivity index (χ2v) is 7.11. The van der Waals surface area contributed by atoms with Crippen LogP contribution in [0.3, 0.4) is 0 Å². The van der Waals surface area contributed by atoms with Crippen molar-refractivity contribution < 1.29 is 9.47 Å². The molecule has 29 heavy (non-hydrogen) atoms. The minimum absolute atomic E-state index is 0.543. The summed E-state index contributed by atoms with van der Waals surface area (Å²) in [6.07, 6.45) is 4.28. The molecule has 5 rings (SSSR count). The molecular weight excluding hydrogens is 366 g/mol. The van der Waals surface area contributed by atoms with Crippen molar-refractivity contribution in [2.24, 2.45) is 0 Å². The monoisotopic (exact) mass is 389 g/mol. The number of fused-ring (bicyclic) bond motifs is 1. The summed E-state index contributed by atoms with van der Waals surface area (Å²) in [6.45, 7) is 3.43. The third-order valence-electron chi connectivity index (χ3n) is 5.06. The fourth-order valence-electron chi connectivity index (χ4n) is 3.62. The highest BCUT2D eigenvalue weighted by atomic mass is 16.6. The lowest BCUT2D eigenvalue weighted by Crippen LogP contribution is -2.17. The van der Waals surface area contributed by atoms with Crippen LogP contribution in [-0.2, 0) is 0 Å². The largest absolute Gasteiger partial charge is 0.486 e. The summed E-state index contributed by atoms with van der Waals surface area (Å²) in [5, 5.41) is 6.57. The quantitative estimate of drug-likeness (QED) is 0.673. The maximum Gasteiger partial charge on any atom is 0.229 e. The molecule has 0 amide bonds. The maximum absolute atomic E-state index is 5.64. The first kappa shape index (κ1) is 17.6. The Labute approximate surface area is 169 Å². The number of benzene rings is 2. The van der Waals surface area contributed by atoms with Crippen LogP contribution in [0.5, 0.6) is 11.5 Å². The number of ether oxygens (including phenoxy) is 2. The van der Waals surface area contributed by atoms with Gasteiger partial charge in [0.2, 0.25) is 5.95 Å². The predicted octanol–water partition coefficient (Wildman–Crippen LogP) is 4.34. The van der Waals surface area contributed by atoms with Crippen LogP contribution < -0.4 is 25.0 Å². The van der Waals surface area contributed by atoms with Gasteiger partial charge in [0, 0.05) is 42.4 Å². The first-order valence-corrected chi connectivity index (χ1v) is 9.95. The lowest BCUT2D eigenvalue weighted by molar-refractivity contribution is 0.171. The van der Waals surface area contributed by atoms with E-state index in [1.165, 1.54) is 18.5 Å². The molecule has 1 fully saturated rings. The van der Waals surface area contributed by atoms with E-state index in [1.54, 1.807) is 6.20 Å². The predicted molar refractivity (Wildman–Crippen MR) is 114 cm³/mol. The fourth-order valence-corrected chi connectivity index (χ4v) is 3.62. The molecular formula is C22H23N5O2. The summed E-state index contributed by atoms with van der Waals surface area (Å²) in [6, 6.07) is 16.0. The molecule has 2 N–H and O–H groups in total. The van der Waals surface area contributed by atoms with Crippen molar-refractivity contribution in [3.05, 3.63) is 54.7 Å². The average molecular weight is 389 g/mol. The second-order valence-electron chi connectivity index (χ2n) is 7.11. The molecule has 0 spiro atoms. The molecule has 1 aromatic heterocycles. The third kappa shape index (κ3) is 4.03. The van der Waals surface area contributed by atoms with Crippen LogP contribution in [0, 0.1) is 0 Å². The molecule has 2 aliphatic rings. The van der Waals surface area contributed by atoms with Gasteiger partial charge in [-0.25, -0.2) is 4.98 Å². The minimum atomic E-state index is 0.543. The Bertz CT molecular complexity index is 987. The number of nitrogens with zero attached hydrogens (tertiary/aromatic N) is 3. The van der Waals surface area contributed by atoms with Gasteiger partial charge in [-0.3, -0.25) is 0 Å². The van der Waals surface area contributed by atoms with Crippen LogP contribution in [0.4, 0.5) is 28.8 Å². The zero-order valence-electron chi connectivity index (χ0n) is 16.1. The van der Waals surface area contributed by atoms with Crippen LogP contribution >= 0.6 is 0 Å². The summed E-state index contributed by atoms with van der Waals surface area (Å²) in [4.78, 5) is 11.3. The van der Waals surface area contributed by atoms with Crippen LogP contribution in [0.25, 0.3) is 0 Å². The smallest absolute Gasteiger partial charge is 0.229 e. The van der Waals surface area contributed by atoms with Gasteiger partial charge >= 0.3 is 0 Å². The van der Waals surface area contributed by atoms with Crippen LogP contribution in [-0.4, -0.2) is 36.3 Å². The zero-order chi connectivity index (χ0) is 19.5. The molecule has 2 aromatic carbocycles. The Kier molecular flexibility index (Phi) is 4.78. The molecule has 0 atom stereocenters. The van der Waals surface area contributed by atoms with Crippen LogP contribution in [0.1, 0.15) is 12.8 Å². The number of hydrogen-bond donors (Lipinski definition) is 2. The summed E-state index contributed by atoms with van der Waals surface area (Å²) in [5.74, 6) is 2.75. The van der Waals surface area contributed by atoms with E-state index in [1.807, 2.05) is 24.3 Å². The Morgan fingerprint density at radius 1 is 0.793 bits per heavy atom. The molecule has 3 aromatic rings. The van der Waals surface area contributed by atoms with Gasteiger partial charge < -0.3 is 25.0 Å². The van der Waals surface area contributed by atoms with Crippen molar-refractivity contribution in [1.82, 2.24) is 9.97 Å². The molecule has 7 nitrogen and oxygen atoms in total. The van der Waals surface area contributed by atoms with E-state index < -0.39 is 0 Å². The molecule has 0 bridgehead atoms. The summed E-state index contributed by atoms with van der Waals surface area (Å²) in [5.41, 5.74) is 3.11. The summed E-state index contributed by atoms with van der Waals surface area (Å²) in [7, 11) is 0. The fraction of sp³-hybridized carbons (Fsp3) is 0.273. The van der Waals surface area contributed by atoms with Gasteiger partial charge in [0.25, 0.3) is 0 Å².